The molecule has 0 aliphatic carbocycles. The summed E-state index contributed by atoms with van der Waals surface area (Å²) in [5, 5.41) is 6.33. The van der Waals surface area contributed by atoms with E-state index in [0.717, 1.165) is 12.8 Å². The Morgan fingerprint density at radius 2 is 2.15 bits per heavy atom. The number of methoxy groups -OCH3 is 1. The molecule has 0 radical (unpaired) electrons. The molecule has 7 nitrogen and oxygen atoms in total. The van der Waals surface area contributed by atoms with Gasteiger partial charge in [0.05, 0.1) is 24.1 Å². The highest BCUT2D eigenvalue weighted by molar-refractivity contribution is 6.30. The van der Waals surface area contributed by atoms with Crippen LogP contribution < -0.4 is 10.6 Å². The van der Waals surface area contributed by atoms with E-state index in [1.165, 1.54) is 6.20 Å². The molecule has 1 saturated heterocycles. The standard InChI is InChI=1S/C16H23ClN4O3.2ClH/c1-24-8-6-18-10-15(22)21-7-2-3-12(11-21)16(23)20-14-5-4-13(17)9-19-14;;/h4-5,9,12,18H,2-3,6-8,10-11H2,1H3,(H,19,20,23);2*1H. The molecule has 1 atom stereocenters. The van der Waals surface area contributed by atoms with Crippen molar-refractivity contribution in [3.8, 4) is 0 Å². The molecule has 26 heavy (non-hydrogen) atoms. The molecule has 2 rings (SSSR count). The largest absolute Gasteiger partial charge is 0.383 e. The zero-order chi connectivity index (χ0) is 17.4. The van der Waals surface area contributed by atoms with Crippen LogP contribution in [0, 0.1) is 5.92 Å². The fourth-order valence-electron chi connectivity index (χ4n) is 2.58. The molecule has 1 aromatic heterocycles. The Hall–Kier alpha value is -1.12. The summed E-state index contributed by atoms with van der Waals surface area (Å²) in [6, 6.07) is 3.33. The molecule has 1 fully saturated rings. The number of halogens is 3. The molecule has 2 N–H and O–H groups in total. The van der Waals surface area contributed by atoms with E-state index in [4.69, 9.17) is 16.3 Å². The van der Waals surface area contributed by atoms with Gasteiger partial charge in [0.15, 0.2) is 0 Å². The quantitative estimate of drug-likeness (QED) is 0.650. The topological polar surface area (TPSA) is 83.6 Å². The second-order valence-corrected chi connectivity index (χ2v) is 6.14. The second kappa shape index (κ2) is 13.1. The number of nitrogens with zero attached hydrogens (tertiary/aromatic N) is 2. The fourth-order valence-corrected chi connectivity index (χ4v) is 2.69. The smallest absolute Gasteiger partial charge is 0.236 e. The van der Waals surface area contributed by atoms with Gasteiger partial charge in [0.25, 0.3) is 0 Å². The summed E-state index contributed by atoms with van der Waals surface area (Å²) >= 11 is 5.78. The predicted octanol–water partition coefficient (Wildman–Crippen LogP) is 1.99. The van der Waals surface area contributed by atoms with E-state index in [9.17, 15) is 9.59 Å². The molecule has 0 saturated carbocycles. The SMILES string of the molecule is COCCNCC(=O)N1CCCC(C(=O)Nc2ccc(Cl)cn2)C1.Cl.Cl. The minimum atomic E-state index is -0.223. The van der Waals surface area contributed by atoms with E-state index in [0.29, 0.717) is 37.1 Å². The van der Waals surface area contributed by atoms with Crippen molar-refractivity contribution in [2.24, 2.45) is 5.92 Å². The number of amides is 2. The van der Waals surface area contributed by atoms with Crippen LogP contribution in [0.15, 0.2) is 18.3 Å². The number of carbonyl (C=O) groups excluding carboxylic acids is 2. The number of likely N-dealkylation sites (tertiary alicyclic amines) is 1. The Morgan fingerprint density at radius 1 is 1.38 bits per heavy atom. The minimum Gasteiger partial charge on any atom is -0.383 e. The van der Waals surface area contributed by atoms with Gasteiger partial charge in [0.1, 0.15) is 5.82 Å². The Morgan fingerprint density at radius 3 is 2.81 bits per heavy atom. The van der Waals surface area contributed by atoms with Crippen LogP contribution in [0.25, 0.3) is 0 Å². The fraction of sp³-hybridized carbons (Fsp3) is 0.562. The second-order valence-electron chi connectivity index (χ2n) is 5.70. The molecular weight excluding hydrogens is 403 g/mol. The summed E-state index contributed by atoms with van der Waals surface area (Å²) < 4.78 is 4.93. The average Bonchev–Trinajstić information content (AvgIpc) is 2.60. The number of hydrogen-bond donors (Lipinski definition) is 2. The van der Waals surface area contributed by atoms with Crippen molar-refractivity contribution in [1.29, 1.82) is 0 Å². The Bertz CT molecular complexity index is 560. The van der Waals surface area contributed by atoms with Crippen molar-refractivity contribution >= 4 is 54.0 Å². The van der Waals surface area contributed by atoms with Crippen molar-refractivity contribution in [1.82, 2.24) is 15.2 Å². The van der Waals surface area contributed by atoms with E-state index in [1.807, 2.05) is 0 Å². The molecule has 0 aromatic carbocycles. The molecule has 0 bridgehead atoms. The average molecular weight is 428 g/mol. The summed E-state index contributed by atoms with van der Waals surface area (Å²) in [6.45, 7) is 2.57. The van der Waals surface area contributed by atoms with Gasteiger partial charge < -0.3 is 20.3 Å². The van der Waals surface area contributed by atoms with Crippen LogP contribution in [-0.4, -0.2) is 61.6 Å². The summed E-state index contributed by atoms with van der Waals surface area (Å²) in [4.78, 5) is 30.4. The number of nitrogens with one attached hydrogen (secondary N) is 2. The molecule has 2 amide bonds. The highest BCUT2D eigenvalue weighted by Crippen LogP contribution is 2.19. The molecule has 148 valence electrons. The monoisotopic (exact) mass is 426 g/mol. The molecule has 0 spiro atoms. The lowest BCUT2D eigenvalue weighted by atomic mass is 9.97. The third kappa shape index (κ3) is 8.05. The predicted molar refractivity (Wildman–Crippen MR) is 106 cm³/mol. The minimum absolute atomic E-state index is 0. The van der Waals surface area contributed by atoms with E-state index < -0.39 is 0 Å². The molecule has 2 heterocycles. The van der Waals surface area contributed by atoms with Gasteiger partial charge in [-0.15, -0.1) is 24.8 Å². The van der Waals surface area contributed by atoms with Crippen LogP contribution in [-0.2, 0) is 14.3 Å². The molecule has 1 unspecified atom stereocenters. The van der Waals surface area contributed by atoms with Gasteiger partial charge in [-0.05, 0) is 25.0 Å². The van der Waals surface area contributed by atoms with E-state index >= 15 is 0 Å². The number of piperidine rings is 1. The number of aromatic nitrogens is 1. The van der Waals surface area contributed by atoms with Gasteiger partial charge >= 0.3 is 0 Å². The maximum atomic E-state index is 12.4. The van der Waals surface area contributed by atoms with E-state index in [-0.39, 0.29) is 49.1 Å². The number of rotatable bonds is 7. The van der Waals surface area contributed by atoms with Gasteiger partial charge in [-0.25, -0.2) is 4.98 Å². The Balaban J connectivity index is 0.00000312. The van der Waals surface area contributed by atoms with E-state index in [2.05, 4.69) is 15.6 Å². The zero-order valence-electron chi connectivity index (χ0n) is 14.6. The first-order valence-corrected chi connectivity index (χ1v) is 8.38. The van der Waals surface area contributed by atoms with E-state index in [1.54, 1.807) is 24.1 Å². The number of hydrogen-bond acceptors (Lipinski definition) is 5. The van der Waals surface area contributed by atoms with Crippen LogP contribution in [0.4, 0.5) is 5.82 Å². The van der Waals surface area contributed by atoms with Crippen LogP contribution >= 0.6 is 36.4 Å². The molecule has 1 aliphatic rings. The first-order valence-electron chi connectivity index (χ1n) is 8.00. The highest BCUT2D eigenvalue weighted by Gasteiger charge is 2.28. The Kier molecular flexibility index (Phi) is 12.5. The lowest BCUT2D eigenvalue weighted by Crippen LogP contribution is -2.47. The summed E-state index contributed by atoms with van der Waals surface area (Å²) in [6.07, 6.45) is 3.07. The normalized spacial score (nSPS) is 16.2. The molecule has 1 aromatic rings. The molecular formula is C16H25Cl3N4O3. The van der Waals surface area contributed by atoms with Crippen LogP contribution in [0.2, 0.25) is 5.02 Å². The zero-order valence-corrected chi connectivity index (χ0v) is 17.0. The number of carbonyl (C=O) groups is 2. The lowest BCUT2D eigenvalue weighted by Gasteiger charge is -2.32. The maximum Gasteiger partial charge on any atom is 0.236 e. The Labute approximate surface area is 171 Å². The van der Waals surface area contributed by atoms with Crippen molar-refractivity contribution in [3.63, 3.8) is 0 Å². The van der Waals surface area contributed by atoms with Gasteiger partial charge in [0, 0.05) is 32.9 Å². The summed E-state index contributed by atoms with van der Waals surface area (Å²) in [5.74, 6) is 0.135. The number of pyridine rings is 1. The van der Waals surface area contributed by atoms with Gasteiger partial charge in [-0.2, -0.15) is 0 Å². The van der Waals surface area contributed by atoms with Crippen LogP contribution in [0.1, 0.15) is 12.8 Å². The summed E-state index contributed by atoms with van der Waals surface area (Å²) in [7, 11) is 1.62. The third-order valence-corrected chi connectivity index (χ3v) is 4.11. The third-order valence-electron chi connectivity index (χ3n) is 3.88. The van der Waals surface area contributed by atoms with Gasteiger partial charge in [-0.1, -0.05) is 11.6 Å². The van der Waals surface area contributed by atoms with Crippen LogP contribution in [0.3, 0.4) is 0 Å². The van der Waals surface area contributed by atoms with Crippen LogP contribution in [0.5, 0.6) is 0 Å². The van der Waals surface area contributed by atoms with Crippen molar-refractivity contribution in [2.45, 2.75) is 12.8 Å². The molecule has 10 heteroatoms. The highest BCUT2D eigenvalue weighted by atomic mass is 35.5. The van der Waals surface area contributed by atoms with Gasteiger partial charge in [-0.3, -0.25) is 9.59 Å². The summed E-state index contributed by atoms with van der Waals surface area (Å²) in [5.41, 5.74) is 0. The van der Waals surface area contributed by atoms with Crippen molar-refractivity contribution < 1.29 is 14.3 Å². The maximum absolute atomic E-state index is 12.4. The number of ether oxygens (including phenoxy) is 1. The number of anilines is 1. The lowest BCUT2D eigenvalue weighted by molar-refractivity contribution is -0.133. The molecule has 1 aliphatic heterocycles. The van der Waals surface area contributed by atoms with Crippen molar-refractivity contribution in [2.75, 3.05) is 45.2 Å². The first-order chi connectivity index (χ1) is 11.6. The van der Waals surface area contributed by atoms with Gasteiger partial charge in [0.2, 0.25) is 11.8 Å². The van der Waals surface area contributed by atoms with Crippen molar-refractivity contribution in [3.05, 3.63) is 23.4 Å². The first kappa shape index (κ1) is 24.9.